The molecule has 5 rings (SSSR count). The Morgan fingerprint density at radius 3 is 2.51 bits per heavy atom. The third-order valence-electron chi connectivity index (χ3n) is 6.06. The molecule has 1 aliphatic heterocycles. The molecule has 1 aliphatic rings. The van der Waals surface area contributed by atoms with Gasteiger partial charge in [0, 0.05) is 17.8 Å². The second-order valence-corrected chi connectivity index (χ2v) is 8.57. The van der Waals surface area contributed by atoms with Gasteiger partial charge in [0.25, 0.3) is 5.91 Å². The third kappa shape index (κ3) is 4.80. The molecule has 0 spiro atoms. The van der Waals surface area contributed by atoms with Crippen molar-refractivity contribution in [3.63, 3.8) is 0 Å². The first-order valence-electron chi connectivity index (χ1n) is 11.6. The van der Waals surface area contributed by atoms with Crippen LogP contribution in [0, 0.1) is 6.92 Å². The Bertz CT molecular complexity index is 1360. The van der Waals surface area contributed by atoms with Crippen LogP contribution in [0.4, 0.5) is 5.95 Å². The smallest absolute Gasteiger partial charge is 0.251 e. The van der Waals surface area contributed by atoms with E-state index in [0.29, 0.717) is 30.4 Å². The van der Waals surface area contributed by atoms with Gasteiger partial charge in [-0.05, 0) is 31.0 Å². The number of allylic oxidation sites excluding steroid dienone is 1. The summed E-state index contributed by atoms with van der Waals surface area (Å²) in [6.45, 7) is 4.80. The van der Waals surface area contributed by atoms with Gasteiger partial charge in [-0.2, -0.15) is 10.1 Å². The van der Waals surface area contributed by atoms with Crippen molar-refractivity contribution in [2.75, 3.05) is 5.32 Å². The summed E-state index contributed by atoms with van der Waals surface area (Å²) in [4.78, 5) is 17.8. The van der Waals surface area contributed by atoms with Crippen LogP contribution < -0.4 is 15.4 Å². The number of aryl methyl sites for hydroxylation is 1. The van der Waals surface area contributed by atoms with Crippen LogP contribution in [0.15, 0.2) is 96.5 Å². The molecule has 0 bridgehead atoms. The summed E-state index contributed by atoms with van der Waals surface area (Å²) >= 11 is 0. The number of ether oxygens (including phenoxy) is 1. The predicted molar refractivity (Wildman–Crippen MR) is 135 cm³/mol. The first-order chi connectivity index (χ1) is 17.1. The van der Waals surface area contributed by atoms with E-state index in [1.807, 2.05) is 61.5 Å². The van der Waals surface area contributed by atoms with E-state index in [1.54, 1.807) is 4.68 Å². The zero-order chi connectivity index (χ0) is 24.2. The summed E-state index contributed by atoms with van der Waals surface area (Å²) in [5.74, 6) is 1.11. The van der Waals surface area contributed by atoms with E-state index in [9.17, 15) is 4.79 Å². The Morgan fingerprint density at radius 2 is 1.71 bits per heavy atom. The van der Waals surface area contributed by atoms with Gasteiger partial charge in [-0.25, -0.2) is 4.68 Å². The van der Waals surface area contributed by atoms with Crippen LogP contribution >= 0.6 is 0 Å². The van der Waals surface area contributed by atoms with Crippen molar-refractivity contribution >= 4 is 11.9 Å². The molecule has 1 unspecified atom stereocenters. The zero-order valence-corrected chi connectivity index (χ0v) is 19.7. The molecule has 2 heterocycles. The normalized spacial score (nSPS) is 14.7. The fourth-order valence-corrected chi connectivity index (χ4v) is 4.23. The number of fused-ring (bicyclic) bond motifs is 1. The van der Waals surface area contributed by atoms with Crippen molar-refractivity contribution in [1.82, 2.24) is 20.1 Å². The number of rotatable bonds is 7. The second-order valence-electron chi connectivity index (χ2n) is 8.57. The highest BCUT2D eigenvalue weighted by Gasteiger charge is 2.35. The lowest BCUT2D eigenvalue weighted by molar-refractivity contribution is -0.118. The number of carbonyl (C=O) groups excluding carboxylic acids is 1. The monoisotopic (exact) mass is 465 g/mol. The van der Waals surface area contributed by atoms with E-state index < -0.39 is 6.04 Å². The summed E-state index contributed by atoms with van der Waals surface area (Å²) in [5, 5.41) is 10.7. The van der Waals surface area contributed by atoms with Crippen molar-refractivity contribution in [3.8, 4) is 5.75 Å². The van der Waals surface area contributed by atoms with E-state index in [1.165, 1.54) is 11.9 Å². The Labute approximate surface area is 204 Å². The van der Waals surface area contributed by atoms with Crippen LogP contribution in [0.25, 0.3) is 0 Å². The molecule has 0 fully saturated rings. The molecule has 0 saturated carbocycles. The minimum atomic E-state index is -0.487. The summed E-state index contributed by atoms with van der Waals surface area (Å²) in [5.41, 5.74) is 5.46. The summed E-state index contributed by atoms with van der Waals surface area (Å²) in [7, 11) is 0. The maximum absolute atomic E-state index is 13.5. The number of para-hydroxylation sites is 1. The molecule has 1 atom stereocenters. The zero-order valence-electron chi connectivity index (χ0n) is 19.7. The van der Waals surface area contributed by atoms with E-state index in [4.69, 9.17) is 4.74 Å². The lowest BCUT2D eigenvalue weighted by Crippen LogP contribution is -2.35. The van der Waals surface area contributed by atoms with Crippen molar-refractivity contribution in [2.24, 2.45) is 0 Å². The van der Waals surface area contributed by atoms with Gasteiger partial charge >= 0.3 is 0 Å². The third-order valence-corrected chi connectivity index (χ3v) is 6.06. The summed E-state index contributed by atoms with van der Waals surface area (Å²) in [6.07, 6.45) is 1.49. The van der Waals surface area contributed by atoms with Gasteiger partial charge in [0.15, 0.2) is 0 Å². The average Bonchev–Trinajstić information content (AvgIpc) is 3.35. The highest BCUT2D eigenvalue weighted by atomic mass is 16.5. The summed E-state index contributed by atoms with van der Waals surface area (Å²) < 4.78 is 8.00. The lowest BCUT2D eigenvalue weighted by Gasteiger charge is -2.29. The largest absolute Gasteiger partial charge is 0.489 e. The molecular formula is C28H27N5O2. The van der Waals surface area contributed by atoms with Gasteiger partial charge in [0.05, 0.1) is 5.57 Å². The molecule has 35 heavy (non-hydrogen) atoms. The van der Waals surface area contributed by atoms with Crippen molar-refractivity contribution < 1.29 is 9.53 Å². The van der Waals surface area contributed by atoms with Gasteiger partial charge in [0.2, 0.25) is 5.95 Å². The Balaban J connectivity index is 1.46. The quantitative estimate of drug-likeness (QED) is 0.411. The van der Waals surface area contributed by atoms with E-state index >= 15 is 0 Å². The van der Waals surface area contributed by atoms with Crippen molar-refractivity contribution in [2.45, 2.75) is 33.0 Å². The molecule has 0 radical (unpaired) electrons. The van der Waals surface area contributed by atoms with Crippen LogP contribution in [-0.2, 0) is 17.9 Å². The minimum Gasteiger partial charge on any atom is -0.489 e. The molecule has 2 N–H and O–H groups in total. The van der Waals surface area contributed by atoms with Crippen molar-refractivity contribution in [3.05, 3.63) is 119 Å². The van der Waals surface area contributed by atoms with Gasteiger partial charge in [-0.1, -0.05) is 78.4 Å². The molecule has 0 saturated heterocycles. The number of anilines is 1. The summed E-state index contributed by atoms with van der Waals surface area (Å²) in [6, 6.07) is 25.4. The first kappa shape index (κ1) is 22.4. The van der Waals surface area contributed by atoms with Crippen LogP contribution in [0.3, 0.4) is 0 Å². The van der Waals surface area contributed by atoms with Gasteiger partial charge < -0.3 is 15.4 Å². The molecule has 7 heteroatoms. The van der Waals surface area contributed by atoms with Gasteiger partial charge in [-0.15, -0.1) is 0 Å². The van der Waals surface area contributed by atoms with Gasteiger partial charge in [-0.3, -0.25) is 4.79 Å². The second kappa shape index (κ2) is 9.85. The van der Waals surface area contributed by atoms with Crippen LogP contribution in [0.5, 0.6) is 5.75 Å². The topological polar surface area (TPSA) is 81.1 Å². The molecule has 3 aromatic carbocycles. The van der Waals surface area contributed by atoms with E-state index in [0.717, 1.165) is 22.4 Å². The molecule has 176 valence electrons. The highest BCUT2D eigenvalue weighted by molar-refractivity contribution is 5.96. The number of nitrogens with one attached hydrogen (secondary N) is 2. The molecule has 1 amide bonds. The van der Waals surface area contributed by atoms with Gasteiger partial charge in [0.1, 0.15) is 24.7 Å². The highest BCUT2D eigenvalue weighted by Crippen LogP contribution is 2.39. The molecule has 7 nitrogen and oxygen atoms in total. The number of nitrogens with zero attached hydrogens (tertiary/aromatic N) is 3. The first-order valence-corrected chi connectivity index (χ1v) is 11.6. The average molecular weight is 466 g/mol. The molecule has 0 aliphatic carbocycles. The number of hydrogen-bond acceptors (Lipinski definition) is 5. The fourth-order valence-electron chi connectivity index (χ4n) is 4.23. The molecule has 4 aromatic rings. The predicted octanol–water partition coefficient (Wildman–Crippen LogP) is 4.77. The number of hydrogen-bond donors (Lipinski definition) is 2. The molecular weight excluding hydrogens is 438 g/mol. The fraction of sp³-hybridized carbons (Fsp3) is 0.179. The van der Waals surface area contributed by atoms with E-state index in [2.05, 4.69) is 51.9 Å². The van der Waals surface area contributed by atoms with E-state index in [-0.39, 0.29) is 5.91 Å². The standard InChI is InChI=1S/C28H27N5O2/c1-19-12-14-22(15-13-19)17-35-24-11-7-6-10-23(24)26-25(20(2)32-28-30-18-31-33(26)28)27(34)29-16-21-8-4-3-5-9-21/h3-15,18,26H,16-17H2,1-2H3,(H,29,34)(H,30,31,32). The van der Waals surface area contributed by atoms with Crippen LogP contribution in [0.2, 0.25) is 0 Å². The lowest BCUT2D eigenvalue weighted by atomic mass is 9.94. The van der Waals surface area contributed by atoms with Crippen molar-refractivity contribution in [1.29, 1.82) is 0 Å². The minimum absolute atomic E-state index is 0.168. The van der Waals surface area contributed by atoms with Crippen LogP contribution in [0.1, 0.15) is 35.2 Å². The number of carbonyl (C=O) groups is 1. The Kier molecular flexibility index (Phi) is 6.30. The number of aromatic nitrogens is 3. The number of benzene rings is 3. The number of amides is 1. The maximum atomic E-state index is 13.5. The Morgan fingerprint density at radius 1 is 0.971 bits per heavy atom. The van der Waals surface area contributed by atoms with Crippen LogP contribution in [-0.4, -0.2) is 20.7 Å². The maximum Gasteiger partial charge on any atom is 0.251 e. The molecule has 1 aromatic heterocycles. The SMILES string of the molecule is CC1=C(C(=O)NCc2ccccc2)C(c2ccccc2OCc2ccc(C)cc2)n2ncnc2N1. The Hall–Kier alpha value is -4.39.